The van der Waals surface area contributed by atoms with Gasteiger partial charge in [-0.2, -0.15) is 18.2 Å². The van der Waals surface area contributed by atoms with Crippen LogP contribution in [0.2, 0.25) is 0 Å². The van der Waals surface area contributed by atoms with Crippen molar-refractivity contribution in [2.24, 2.45) is 0 Å². The lowest BCUT2D eigenvalue weighted by Gasteiger charge is -2.34. The molecule has 0 bridgehead atoms. The number of halogens is 3. The van der Waals surface area contributed by atoms with Gasteiger partial charge in [-0.3, -0.25) is 0 Å². The number of carbonyl (C=O) groups excluding carboxylic acids is 1. The Morgan fingerprint density at radius 1 is 1.28 bits per heavy atom. The van der Waals surface area contributed by atoms with E-state index in [1.165, 1.54) is 0 Å². The highest BCUT2D eigenvalue weighted by Gasteiger charge is 2.36. The predicted molar refractivity (Wildman–Crippen MR) is 80.0 cm³/mol. The third-order valence-corrected chi connectivity index (χ3v) is 4.49. The molecule has 2 aromatic heterocycles. The van der Waals surface area contributed by atoms with Crippen molar-refractivity contribution in [2.45, 2.75) is 19.6 Å². The number of alkyl halides is 3. The van der Waals surface area contributed by atoms with Crippen LogP contribution in [0.3, 0.4) is 0 Å². The molecule has 0 aliphatic carbocycles. The smallest absolute Gasteiger partial charge is 0.343 e. The molecule has 1 saturated heterocycles. The van der Waals surface area contributed by atoms with Gasteiger partial charge in [0.05, 0.1) is 6.54 Å². The molecule has 13 heteroatoms. The van der Waals surface area contributed by atoms with E-state index in [0.717, 1.165) is 0 Å². The highest BCUT2D eigenvalue weighted by atomic mass is 32.1. The minimum atomic E-state index is -4.49. The summed E-state index contributed by atoms with van der Waals surface area (Å²) in [4.78, 5) is 19.3. The van der Waals surface area contributed by atoms with Gasteiger partial charge in [-0.1, -0.05) is 16.5 Å². The first-order valence-corrected chi connectivity index (χ1v) is 8.12. The minimum absolute atomic E-state index is 0.141. The van der Waals surface area contributed by atoms with Gasteiger partial charge in [0.15, 0.2) is 5.82 Å². The molecule has 0 aromatic carbocycles. The summed E-state index contributed by atoms with van der Waals surface area (Å²) in [7, 11) is 0. The number of aryl methyl sites for hydroxylation is 1. The van der Waals surface area contributed by atoms with Gasteiger partial charge in [-0.05, 0) is 0 Å². The zero-order chi connectivity index (χ0) is 18.0. The SMILES string of the molecule is Cc1nc(CNC(=O)N2CCN(c3nnc(C(F)(F)F)s3)CC2)no1. The number of nitrogens with one attached hydrogen (secondary N) is 1. The topological polar surface area (TPSA) is 100 Å². The van der Waals surface area contributed by atoms with Crippen molar-refractivity contribution in [1.82, 2.24) is 30.6 Å². The van der Waals surface area contributed by atoms with Crippen LogP contribution in [0.5, 0.6) is 0 Å². The fourth-order valence-corrected chi connectivity index (χ4v) is 3.00. The van der Waals surface area contributed by atoms with Crippen LogP contribution in [0.4, 0.5) is 23.1 Å². The molecule has 136 valence electrons. The lowest BCUT2D eigenvalue weighted by molar-refractivity contribution is -0.138. The number of amides is 2. The quantitative estimate of drug-likeness (QED) is 0.860. The van der Waals surface area contributed by atoms with E-state index in [2.05, 4.69) is 25.7 Å². The summed E-state index contributed by atoms with van der Waals surface area (Å²) >= 11 is 0.499. The molecule has 0 atom stereocenters. The lowest BCUT2D eigenvalue weighted by atomic mass is 10.3. The Balaban J connectivity index is 1.49. The van der Waals surface area contributed by atoms with Gasteiger partial charge in [-0.25, -0.2) is 4.79 Å². The number of piperazine rings is 1. The van der Waals surface area contributed by atoms with Gasteiger partial charge < -0.3 is 19.6 Å². The first-order valence-electron chi connectivity index (χ1n) is 7.30. The number of urea groups is 1. The van der Waals surface area contributed by atoms with E-state index in [0.29, 0.717) is 49.2 Å². The van der Waals surface area contributed by atoms with Crippen LogP contribution in [0.25, 0.3) is 0 Å². The Bertz CT molecular complexity index is 739. The first kappa shape index (κ1) is 17.4. The van der Waals surface area contributed by atoms with E-state index in [1.807, 2.05) is 0 Å². The fourth-order valence-electron chi connectivity index (χ4n) is 2.24. The molecule has 9 nitrogen and oxygen atoms in total. The van der Waals surface area contributed by atoms with Crippen LogP contribution in [0.15, 0.2) is 4.52 Å². The summed E-state index contributed by atoms with van der Waals surface area (Å²) < 4.78 is 42.5. The van der Waals surface area contributed by atoms with Gasteiger partial charge in [0.25, 0.3) is 0 Å². The number of rotatable bonds is 3. The molecular weight excluding hydrogens is 363 g/mol. The molecule has 0 unspecified atom stereocenters. The molecule has 2 aromatic rings. The number of hydrogen-bond donors (Lipinski definition) is 1. The van der Waals surface area contributed by atoms with E-state index < -0.39 is 11.2 Å². The summed E-state index contributed by atoms with van der Waals surface area (Å²) in [6.07, 6.45) is -4.49. The highest BCUT2D eigenvalue weighted by molar-refractivity contribution is 7.15. The highest BCUT2D eigenvalue weighted by Crippen LogP contribution is 2.34. The van der Waals surface area contributed by atoms with Crippen LogP contribution in [0, 0.1) is 6.92 Å². The molecule has 1 aliphatic heterocycles. The van der Waals surface area contributed by atoms with Crippen molar-refractivity contribution < 1.29 is 22.5 Å². The number of nitrogens with zero attached hydrogens (tertiary/aromatic N) is 6. The summed E-state index contributed by atoms with van der Waals surface area (Å²) in [5.41, 5.74) is 0. The molecule has 2 amide bonds. The second-order valence-corrected chi connectivity index (χ2v) is 6.21. The average Bonchev–Trinajstić information content (AvgIpc) is 3.21. The Kier molecular flexibility index (Phi) is 4.74. The second kappa shape index (κ2) is 6.82. The van der Waals surface area contributed by atoms with Gasteiger partial charge in [0.1, 0.15) is 0 Å². The molecule has 1 aliphatic rings. The molecule has 0 saturated carbocycles. The van der Waals surface area contributed by atoms with Crippen molar-refractivity contribution in [1.29, 1.82) is 0 Å². The van der Waals surface area contributed by atoms with E-state index in [-0.39, 0.29) is 17.7 Å². The molecule has 1 N–H and O–H groups in total. The summed E-state index contributed by atoms with van der Waals surface area (Å²) in [5, 5.41) is 12.3. The zero-order valence-electron chi connectivity index (χ0n) is 13.1. The number of hydrogen-bond acceptors (Lipinski definition) is 8. The van der Waals surface area contributed by atoms with Crippen LogP contribution in [-0.2, 0) is 12.7 Å². The predicted octanol–water partition coefficient (Wildman–Crippen LogP) is 1.28. The third kappa shape index (κ3) is 4.15. The Morgan fingerprint density at radius 3 is 2.56 bits per heavy atom. The molecule has 3 rings (SSSR count). The minimum Gasteiger partial charge on any atom is -0.343 e. The molecular formula is C12H14F3N7O2S. The van der Waals surface area contributed by atoms with E-state index in [4.69, 9.17) is 4.52 Å². The van der Waals surface area contributed by atoms with Gasteiger partial charge in [0.2, 0.25) is 16.0 Å². The van der Waals surface area contributed by atoms with Crippen LogP contribution in [-0.4, -0.2) is 57.4 Å². The van der Waals surface area contributed by atoms with Crippen LogP contribution in [0.1, 0.15) is 16.7 Å². The number of aromatic nitrogens is 4. The van der Waals surface area contributed by atoms with Gasteiger partial charge >= 0.3 is 12.2 Å². The Hall–Kier alpha value is -2.44. The van der Waals surface area contributed by atoms with Crippen molar-refractivity contribution in [2.75, 3.05) is 31.1 Å². The molecule has 3 heterocycles. The number of anilines is 1. The summed E-state index contributed by atoms with van der Waals surface area (Å²) in [5.74, 6) is 0.783. The molecule has 1 fully saturated rings. The van der Waals surface area contributed by atoms with Crippen LogP contribution < -0.4 is 10.2 Å². The van der Waals surface area contributed by atoms with Gasteiger partial charge in [0, 0.05) is 33.1 Å². The van der Waals surface area contributed by atoms with Crippen molar-refractivity contribution in [3.8, 4) is 0 Å². The Morgan fingerprint density at radius 2 is 2.00 bits per heavy atom. The Labute approximate surface area is 143 Å². The van der Waals surface area contributed by atoms with Crippen molar-refractivity contribution in [3.05, 3.63) is 16.7 Å². The van der Waals surface area contributed by atoms with Crippen LogP contribution >= 0.6 is 11.3 Å². The van der Waals surface area contributed by atoms with E-state index in [9.17, 15) is 18.0 Å². The van der Waals surface area contributed by atoms with Crippen molar-refractivity contribution in [3.63, 3.8) is 0 Å². The molecule has 0 radical (unpaired) electrons. The lowest BCUT2D eigenvalue weighted by Crippen LogP contribution is -2.51. The molecule has 25 heavy (non-hydrogen) atoms. The monoisotopic (exact) mass is 377 g/mol. The summed E-state index contributed by atoms with van der Waals surface area (Å²) in [6.45, 7) is 3.26. The maximum absolute atomic E-state index is 12.6. The van der Waals surface area contributed by atoms with Gasteiger partial charge in [-0.15, -0.1) is 10.2 Å². The normalized spacial score (nSPS) is 15.5. The molecule has 0 spiro atoms. The first-order chi connectivity index (χ1) is 11.8. The zero-order valence-corrected chi connectivity index (χ0v) is 13.9. The maximum Gasteiger partial charge on any atom is 0.445 e. The van der Waals surface area contributed by atoms with E-state index >= 15 is 0 Å². The second-order valence-electron chi connectivity index (χ2n) is 5.25. The van der Waals surface area contributed by atoms with E-state index in [1.54, 1.807) is 16.7 Å². The number of carbonyl (C=O) groups is 1. The fraction of sp³-hybridized carbons (Fsp3) is 0.583. The summed E-state index contributed by atoms with van der Waals surface area (Å²) in [6, 6.07) is -0.296. The van der Waals surface area contributed by atoms with Crippen molar-refractivity contribution >= 4 is 22.5 Å². The third-order valence-electron chi connectivity index (χ3n) is 3.46. The average molecular weight is 377 g/mol. The largest absolute Gasteiger partial charge is 0.445 e. The maximum atomic E-state index is 12.6. The standard InChI is InChI=1S/C12H14F3N7O2S/c1-7-17-8(20-24-7)6-16-10(23)21-2-4-22(5-3-21)11-19-18-9(25-11)12(13,14)15/h2-6H2,1H3,(H,16,23).